The molecule has 3 aromatic carbocycles. The summed E-state index contributed by atoms with van der Waals surface area (Å²) in [5.41, 5.74) is 4.34. The van der Waals surface area contributed by atoms with E-state index in [9.17, 15) is 51.9 Å². The fourth-order valence-electron chi connectivity index (χ4n) is 8.67. The minimum absolute atomic E-state index is 0. The van der Waals surface area contributed by atoms with E-state index in [-0.39, 0.29) is 119 Å². The van der Waals surface area contributed by atoms with E-state index in [1.807, 2.05) is 61.5 Å². The van der Waals surface area contributed by atoms with Crippen molar-refractivity contribution in [2.75, 3.05) is 29.5 Å². The Balaban J connectivity index is 0.00000420. The summed E-state index contributed by atoms with van der Waals surface area (Å²) in [5.74, 6) is -0.0949. The predicted molar refractivity (Wildman–Crippen MR) is 249 cm³/mol. The zero-order chi connectivity index (χ0) is 48.5. The zero-order valence-electron chi connectivity index (χ0n) is 39.6. The van der Waals surface area contributed by atoms with Crippen molar-refractivity contribution < 1.29 is 150 Å². The minimum Gasteiger partial charge on any atom is -0.748 e. The van der Waals surface area contributed by atoms with Gasteiger partial charge in [-0.15, -0.1) is 0 Å². The Kier molecular flexibility index (Phi) is 21.9. The largest absolute Gasteiger partial charge is 1.00 e. The zero-order valence-corrected chi connectivity index (χ0v) is 49.7. The Bertz CT molecular complexity index is 3110. The van der Waals surface area contributed by atoms with Gasteiger partial charge in [0.2, 0.25) is 5.69 Å². The molecular formula is C45H49N3Na3O13S5+. The van der Waals surface area contributed by atoms with Crippen LogP contribution in [0.4, 0.5) is 17.1 Å². The van der Waals surface area contributed by atoms with Gasteiger partial charge in [-0.2, -0.15) is 18.0 Å². The molecule has 0 spiro atoms. The van der Waals surface area contributed by atoms with Gasteiger partial charge in [-0.1, -0.05) is 19.9 Å². The van der Waals surface area contributed by atoms with E-state index in [1.165, 1.54) is 24.3 Å². The molecule has 2 aliphatic heterocycles. The van der Waals surface area contributed by atoms with E-state index in [2.05, 4.69) is 10.2 Å². The SMILES string of the molecule is CC1(C)C(=CC=C2CCCC(C=CC3=[N+](CCCCS(=O)(=O)[O-])c4ccc(S(=O)(=O)[O-])cc4C3(C)C)=C2Oc2ccc(N=C=S)cc2)N(CCCCS(=O)(=O)[O-])c2ccc(S(=O)(=O)O)cc21.[Na+].[Na+].[Na+]. The van der Waals surface area contributed by atoms with Crippen molar-refractivity contribution in [2.45, 2.75) is 93.3 Å². The number of nitrogens with zero attached hydrogens (tertiary/aromatic N) is 3. The molecule has 0 saturated heterocycles. The van der Waals surface area contributed by atoms with Crippen molar-refractivity contribution in [1.29, 1.82) is 0 Å². The summed E-state index contributed by atoms with van der Waals surface area (Å²) in [4.78, 5) is 5.30. The smallest absolute Gasteiger partial charge is 0.748 e. The number of fused-ring (bicyclic) bond motifs is 2. The summed E-state index contributed by atoms with van der Waals surface area (Å²) < 4.78 is 148. The van der Waals surface area contributed by atoms with E-state index in [4.69, 9.17) is 17.0 Å². The van der Waals surface area contributed by atoms with E-state index in [0.29, 0.717) is 77.5 Å². The molecule has 6 rings (SSSR count). The van der Waals surface area contributed by atoms with Crippen LogP contribution in [-0.2, 0) is 51.3 Å². The normalized spacial score (nSPS) is 17.8. The van der Waals surface area contributed by atoms with Crippen LogP contribution in [0.3, 0.4) is 0 Å². The Morgan fingerprint density at radius 2 is 1.38 bits per heavy atom. The van der Waals surface area contributed by atoms with E-state index in [1.54, 1.807) is 36.4 Å². The fourth-order valence-corrected chi connectivity index (χ4v) is 10.9. The Morgan fingerprint density at radius 1 is 0.768 bits per heavy atom. The molecule has 354 valence electrons. The molecule has 0 aromatic heterocycles. The van der Waals surface area contributed by atoms with Crippen LogP contribution in [0.5, 0.6) is 5.75 Å². The molecule has 3 aromatic rings. The Morgan fingerprint density at radius 3 is 1.97 bits per heavy atom. The van der Waals surface area contributed by atoms with Crippen LogP contribution in [-0.4, -0.2) is 91.9 Å². The molecular weight excluding hydrogens is 1020 g/mol. The maximum absolute atomic E-state index is 12.2. The van der Waals surface area contributed by atoms with Crippen LogP contribution in [0.25, 0.3) is 0 Å². The van der Waals surface area contributed by atoms with Gasteiger partial charge in [0.1, 0.15) is 28.2 Å². The number of rotatable bonds is 18. The molecule has 0 fully saturated rings. The second-order valence-electron chi connectivity index (χ2n) is 17.2. The van der Waals surface area contributed by atoms with Crippen molar-refractivity contribution in [3.8, 4) is 5.75 Å². The maximum Gasteiger partial charge on any atom is 1.00 e. The number of allylic oxidation sites excluding steroid dienone is 7. The standard InChI is InChI=1S/C45H51N3O13S5.3Na/c1-44(2)37-28-35(65(55,56)57)18-20-39(37)47(24-5-7-26-63(49,50)51)41(44)22-12-31-10-9-11-32(43(31)61-34-16-14-33(15-17-34)46-30-62)13-23-42-45(3,4)38-29-36(66(58,59)60)19-21-40(38)48(42)25-6-8-27-64(52,53)54;;;/h12-23,28-29H,5-11,24-27H2,1-4H3,(H3-,49,50,51,52,53,54,55,56,57,58,59,60);;;/q;3*+1/p-2. The molecule has 0 atom stereocenters. The molecule has 1 aliphatic carbocycles. The van der Waals surface area contributed by atoms with Gasteiger partial charge in [0.25, 0.3) is 10.1 Å². The van der Waals surface area contributed by atoms with Crippen molar-refractivity contribution in [3.63, 3.8) is 0 Å². The van der Waals surface area contributed by atoms with Crippen LogP contribution < -0.4 is 98.3 Å². The molecule has 2 heterocycles. The molecule has 0 saturated carbocycles. The number of aliphatic imine (C=N–C) groups is 1. The topological polar surface area (TPSA) is 254 Å². The van der Waals surface area contributed by atoms with Crippen LogP contribution in [0.15, 0.2) is 122 Å². The third kappa shape index (κ3) is 15.4. The third-order valence-corrected chi connectivity index (χ3v) is 15.3. The number of benzene rings is 3. The predicted octanol–water partition coefficient (Wildman–Crippen LogP) is -1.71. The van der Waals surface area contributed by atoms with Gasteiger partial charge in [0.15, 0.2) is 5.71 Å². The average molecular weight is 1070 g/mol. The number of unbranched alkanes of at least 4 members (excludes halogenated alkanes) is 2. The molecule has 0 unspecified atom stereocenters. The fraction of sp³-hybridized carbons (Fsp3) is 0.378. The van der Waals surface area contributed by atoms with Crippen LogP contribution in [0.1, 0.15) is 83.8 Å². The summed E-state index contributed by atoms with van der Waals surface area (Å²) in [6.07, 6.45) is 10.3. The van der Waals surface area contributed by atoms with Crippen molar-refractivity contribution in [2.24, 2.45) is 4.99 Å². The third-order valence-electron chi connectivity index (χ3n) is 12.0. The average Bonchev–Trinajstić information content (AvgIpc) is 3.56. The van der Waals surface area contributed by atoms with Gasteiger partial charge in [-0.25, -0.2) is 25.3 Å². The summed E-state index contributed by atoms with van der Waals surface area (Å²) in [6.45, 7) is 8.14. The first-order chi connectivity index (χ1) is 30.7. The first-order valence-electron chi connectivity index (χ1n) is 20.9. The van der Waals surface area contributed by atoms with E-state index < -0.39 is 67.7 Å². The molecule has 0 amide bonds. The van der Waals surface area contributed by atoms with Gasteiger partial charge in [0, 0.05) is 59.0 Å². The molecule has 0 radical (unpaired) electrons. The van der Waals surface area contributed by atoms with Gasteiger partial charge in [-0.3, -0.25) is 4.55 Å². The number of anilines is 1. The number of isothiocyanates is 1. The number of hydrogen-bond donors (Lipinski definition) is 1. The van der Waals surface area contributed by atoms with Gasteiger partial charge in [0.05, 0.1) is 46.3 Å². The van der Waals surface area contributed by atoms with Crippen molar-refractivity contribution in [1.82, 2.24) is 0 Å². The van der Waals surface area contributed by atoms with Crippen LogP contribution in [0.2, 0.25) is 0 Å². The Hall–Kier alpha value is -1.67. The number of ether oxygens (including phenoxy) is 1. The first-order valence-corrected chi connectivity index (χ1v) is 27.3. The number of thiocarbonyl (C=S) groups is 1. The molecule has 1 N–H and O–H groups in total. The van der Waals surface area contributed by atoms with Gasteiger partial charge >= 0.3 is 88.7 Å². The second kappa shape index (κ2) is 24.6. The molecule has 16 nitrogen and oxygen atoms in total. The Labute approximate surface area is 477 Å². The summed E-state index contributed by atoms with van der Waals surface area (Å²) in [6, 6.07) is 15.3. The molecule has 0 bridgehead atoms. The first kappa shape index (κ1) is 61.6. The van der Waals surface area contributed by atoms with E-state index in [0.717, 1.165) is 16.8 Å². The summed E-state index contributed by atoms with van der Waals surface area (Å²) in [7, 11) is -18.3. The minimum atomic E-state index is -4.80. The molecule has 3 aliphatic rings. The summed E-state index contributed by atoms with van der Waals surface area (Å²) in [5, 5.41) is 2.34. The summed E-state index contributed by atoms with van der Waals surface area (Å²) >= 11 is 4.77. The van der Waals surface area contributed by atoms with Crippen molar-refractivity contribution >= 4 is 80.6 Å². The van der Waals surface area contributed by atoms with Crippen LogP contribution >= 0.6 is 12.2 Å². The van der Waals surface area contributed by atoms with Gasteiger partial charge in [-0.05, 0) is 148 Å². The molecule has 24 heteroatoms. The van der Waals surface area contributed by atoms with Gasteiger partial charge < -0.3 is 23.3 Å². The second-order valence-corrected chi connectivity index (χ2v) is 23.3. The maximum atomic E-state index is 12.2. The number of hydrogen-bond acceptors (Lipinski definition) is 15. The van der Waals surface area contributed by atoms with Crippen molar-refractivity contribution in [3.05, 3.63) is 119 Å². The monoisotopic (exact) mass is 1070 g/mol. The van der Waals surface area contributed by atoms with Crippen LogP contribution in [0, 0.1) is 0 Å². The van der Waals surface area contributed by atoms with E-state index >= 15 is 0 Å². The molecule has 69 heavy (non-hydrogen) atoms. The quantitative estimate of drug-likeness (QED) is 0.0372.